The average molecular weight is 435 g/mol. The molecule has 0 bridgehead atoms. The predicted molar refractivity (Wildman–Crippen MR) is 111 cm³/mol. The molecule has 31 heavy (non-hydrogen) atoms. The second-order valence-electron chi connectivity index (χ2n) is 6.47. The lowest BCUT2D eigenvalue weighted by atomic mass is 10.2. The standard InChI is InChI=1S/C21H17N5O4S/c1-27-15-6-2-5-14(11-15)19-23-25-21(26(19)12-16-7-3-9-28-16)31-13-18-22-24-20(30-18)17-8-4-10-29-17/h2-11H,12-13H2,1H3. The van der Waals surface area contributed by atoms with Crippen molar-refractivity contribution >= 4 is 11.8 Å². The van der Waals surface area contributed by atoms with Gasteiger partial charge in [0.25, 0.3) is 5.89 Å². The van der Waals surface area contributed by atoms with Crippen LogP contribution in [0.4, 0.5) is 0 Å². The normalized spacial score (nSPS) is 11.1. The van der Waals surface area contributed by atoms with Gasteiger partial charge in [0.1, 0.15) is 11.5 Å². The Balaban J connectivity index is 1.42. The van der Waals surface area contributed by atoms with Gasteiger partial charge in [0.05, 0.1) is 31.9 Å². The third kappa shape index (κ3) is 4.10. The number of ether oxygens (including phenoxy) is 1. The summed E-state index contributed by atoms with van der Waals surface area (Å²) in [5.74, 6) is 4.02. The fourth-order valence-electron chi connectivity index (χ4n) is 3.01. The second kappa shape index (κ2) is 8.52. The molecule has 4 heterocycles. The van der Waals surface area contributed by atoms with Gasteiger partial charge in [-0.3, -0.25) is 4.57 Å². The average Bonchev–Trinajstić information content (AvgIpc) is 3.60. The number of hydrogen-bond donors (Lipinski definition) is 0. The molecule has 0 N–H and O–H groups in total. The van der Waals surface area contributed by atoms with Gasteiger partial charge < -0.3 is 18.0 Å². The molecule has 1 aromatic carbocycles. The van der Waals surface area contributed by atoms with Crippen LogP contribution in [0, 0.1) is 0 Å². The number of methoxy groups -OCH3 is 1. The van der Waals surface area contributed by atoms with Crippen LogP contribution in [0.25, 0.3) is 23.0 Å². The Labute approximate surface area is 181 Å². The Kier molecular flexibility index (Phi) is 5.28. The smallest absolute Gasteiger partial charge is 0.283 e. The molecule has 0 fully saturated rings. The Morgan fingerprint density at radius 2 is 1.87 bits per heavy atom. The topological polar surface area (TPSA) is 105 Å². The van der Waals surface area contributed by atoms with Crippen molar-refractivity contribution in [2.45, 2.75) is 17.5 Å². The fourth-order valence-corrected chi connectivity index (χ4v) is 3.78. The first-order valence-corrected chi connectivity index (χ1v) is 10.4. The number of nitrogens with zero attached hydrogens (tertiary/aromatic N) is 5. The van der Waals surface area contributed by atoms with Crippen molar-refractivity contribution in [2.75, 3.05) is 7.11 Å². The van der Waals surface area contributed by atoms with Gasteiger partial charge in [0.2, 0.25) is 5.89 Å². The summed E-state index contributed by atoms with van der Waals surface area (Å²) in [6, 6.07) is 15.0. The van der Waals surface area contributed by atoms with Crippen LogP contribution in [0.1, 0.15) is 11.7 Å². The highest BCUT2D eigenvalue weighted by atomic mass is 32.2. The Bertz CT molecular complexity index is 1260. The second-order valence-corrected chi connectivity index (χ2v) is 7.41. The first kappa shape index (κ1) is 19.2. The van der Waals surface area contributed by atoms with Crippen molar-refractivity contribution < 1.29 is 18.0 Å². The van der Waals surface area contributed by atoms with Crippen LogP contribution in [0.3, 0.4) is 0 Å². The molecule has 0 spiro atoms. The van der Waals surface area contributed by atoms with Crippen LogP contribution in [0.2, 0.25) is 0 Å². The molecule has 0 aliphatic carbocycles. The van der Waals surface area contributed by atoms with E-state index in [9.17, 15) is 0 Å². The molecule has 156 valence electrons. The monoisotopic (exact) mass is 435 g/mol. The van der Waals surface area contributed by atoms with Crippen molar-refractivity contribution in [3.05, 3.63) is 72.7 Å². The molecule has 0 unspecified atom stereocenters. The van der Waals surface area contributed by atoms with Crippen LogP contribution < -0.4 is 4.74 Å². The van der Waals surface area contributed by atoms with E-state index in [4.69, 9.17) is 18.0 Å². The molecule has 9 nitrogen and oxygen atoms in total. The van der Waals surface area contributed by atoms with Crippen molar-refractivity contribution in [3.63, 3.8) is 0 Å². The van der Waals surface area contributed by atoms with Gasteiger partial charge in [-0.1, -0.05) is 23.9 Å². The Hall–Kier alpha value is -3.79. The van der Waals surface area contributed by atoms with Gasteiger partial charge in [-0.15, -0.1) is 20.4 Å². The lowest BCUT2D eigenvalue weighted by molar-refractivity contribution is 0.415. The van der Waals surface area contributed by atoms with E-state index >= 15 is 0 Å². The molecule has 4 aromatic heterocycles. The van der Waals surface area contributed by atoms with E-state index in [0.29, 0.717) is 40.8 Å². The van der Waals surface area contributed by atoms with E-state index in [1.165, 1.54) is 11.8 Å². The van der Waals surface area contributed by atoms with E-state index in [1.54, 1.807) is 31.8 Å². The van der Waals surface area contributed by atoms with Crippen LogP contribution >= 0.6 is 11.8 Å². The zero-order valence-corrected chi connectivity index (χ0v) is 17.3. The van der Waals surface area contributed by atoms with Gasteiger partial charge >= 0.3 is 0 Å². The number of rotatable bonds is 8. The molecule has 5 rings (SSSR count). The molecular formula is C21H17N5O4S. The van der Waals surface area contributed by atoms with Crippen LogP contribution in [0.15, 0.2) is 79.5 Å². The largest absolute Gasteiger partial charge is 0.497 e. The highest BCUT2D eigenvalue weighted by molar-refractivity contribution is 7.98. The summed E-state index contributed by atoms with van der Waals surface area (Å²) in [6.07, 6.45) is 3.21. The SMILES string of the molecule is COc1cccc(-c2nnc(SCc3nnc(-c4ccco4)o3)n2Cc2ccco2)c1. The molecule has 0 aliphatic rings. The number of aromatic nitrogens is 5. The molecule has 0 radical (unpaired) electrons. The zero-order chi connectivity index (χ0) is 21.0. The van der Waals surface area contributed by atoms with Gasteiger partial charge in [0.15, 0.2) is 16.7 Å². The van der Waals surface area contributed by atoms with E-state index in [1.807, 2.05) is 41.0 Å². The predicted octanol–water partition coefficient (Wildman–Crippen LogP) is 4.53. The van der Waals surface area contributed by atoms with Gasteiger partial charge in [-0.05, 0) is 36.4 Å². The van der Waals surface area contributed by atoms with Crippen molar-refractivity contribution in [1.82, 2.24) is 25.0 Å². The molecule has 5 aromatic rings. The number of thioether (sulfide) groups is 1. The van der Waals surface area contributed by atoms with Crippen molar-refractivity contribution in [3.8, 4) is 28.8 Å². The summed E-state index contributed by atoms with van der Waals surface area (Å²) in [5, 5.41) is 17.6. The summed E-state index contributed by atoms with van der Waals surface area (Å²) < 4.78 is 23.9. The third-order valence-electron chi connectivity index (χ3n) is 4.46. The molecule has 0 atom stereocenters. The van der Waals surface area contributed by atoms with Crippen molar-refractivity contribution in [2.24, 2.45) is 0 Å². The number of furan rings is 2. The van der Waals surface area contributed by atoms with Gasteiger partial charge in [0, 0.05) is 5.56 Å². The fraction of sp³-hybridized carbons (Fsp3) is 0.143. The van der Waals surface area contributed by atoms with E-state index in [2.05, 4.69) is 20.4 Å². The third-order valence-corrected chi connectivity index (χ3v) is 5.41. The lowest BCUT2D eigenvalue weighted by Gasteiger charge is -2.09. The van der Waals surface area contributed by atoms with E-state index < -0.39 is 0 Å². The lowest BCUT2D eigenvalue weighted by Crippen LogP contribution is -2.03. The highest BCUT2D eigenvalue weighted by Crippen LogP contribution is 2.29. The van der Waals surface area contributed by atoms with Crippen LogP contribution in [-0.4, -0.2) is 32.1 Å². The molecule has 0 saturated heterocycles. The molecule has 10 heteroatoms. The maximum Gasteiger partial charge on any atom is 0.283 e. The number of benzene rings is 1. The molecule has 0 saturated carbocycles. The van der Waals surface area contributed by atoms with E-state index in [0.717, 1.165) is 17.1 Å². The van der Waals surface area contributed by atoms with Gasteiger partial charge in [-0.25, -0.2) is 0 Å². The van der Waals surface area contributed by atoms with Gasteiger partial charge in [-0.2, -0.15) is 0 Å². The number of hydrogen-bond acceptors (Lipinski definition) is 9. The Morgan fingerprint density at radius 3 is 2.68 bits per heavy atom. The van der Waals surface area contributed by atoms with Crippen molar-refractivity contribution in [1.29, 1.82) is 0 Å². The Morgan fingerprint density at radius 1 is 0.968 bits per heavy atom. The first-order valence-electron chi connectivity index (χ1n) is 9.39. The summed E-state index contributed by atoms with van der Waals surface area (Å²) in [6.45, 7) is 0.482. The minimum atomic E-state index is 0.342. The summed E-state index contributed by atoms with van der Waals surface area (Å²) in [5.41, 5.74) is 0.892. The summed E-state index contributed by atoms with van der Waals surface area (Å²) >= 11 is 1.45. The van der Waals surface area contributed by atoms with Crippen LogP contribution in [-0.2, 0) is 12.3 Å². The molecule has 0 amide bonds. The molecule has 0 aliphatic heterocycles. The minimum absolute atomic E-state index is 0.342. The minimum Gasteiger partial charge on any atom is -0.497 e. The van der Waals surface area contributed by atoms with Crippen LogP contribution in [0.5, 0.6) is 5.75 Å². The molecular weight excluding hydrogens is 418 g/mol. The first-order chi connectivity index (χ1) is 15.3. The summed E-state index contributed by atoms with van der Waals surface area (Å²) in [7, 11) is 1.63. The maximum absolute atomic E-state index is 5.69. The highest BCUT2D eigenvalue weighted by Gasteiger charge is 2.18. The quantitative estimate of drug-likeness (QED) is 0.325. The maximum atomic E-state index is 5.69. The van der Waals surface area contributed by atoms with E-state index in [-0.39, 0.29) is 0 Å². The zero-order valence-electron chi connectivity index (χ0n) is 16.5. The summed E-state index contributed by atoms with van der Waals surface area (Å²) in [4.78, 5) is 0.